The Hall–Kier alpha value is 0.590. The predicted octanol–water partition coefficient (Wildman–Crippen LogP) is 2.72. The summed E-state index contributed by atoms with van der Waals surface area (Å²) < 4.78 is 22.1. The van der Waals surface area contributed by atoms with Gasteiger partial charge in [-0.3, -0.25) is 0 Å². The smallest absolute Gasteiger partial charge is 0.212 e. The molecule has 1 rings (SSSR count). The second kappa shape index (κ2) is 4.62. The Morgan fingerprint density at radius 1 is 1.36 bits per heavy atom. The zero-order valence-corrected chi connectivity index (χ0v) is 11.0. The highest BCUT2D eigenvalue weighted by Gasteiger charge is 2.34. The van der Waals surface area contributed by atoms with Gasteiger partial charge in [-0.15, -0.1) is 0 Å². The molecule has 0 atom stereocenters. The molecule has 2 nitrogen and oxygen atoms in total. The normalized spacial score (nSPS) is 21.1. The van der Waals surface area contributed by atoms with Crippen LogP contribution in [0.15, 0.2) is 0 Å². The SMILES string of the molecule is CC(C)(CS(=O)(=O)Cl)C1CCSCC1. The first-order valence-corrected chi connectivity index (χ1v) is 8.45. The van der Waals surface area contributed by atoms with Gasteiger partial charge < -0.3 is 0 Å². The van der Waals surface area contributed by atoms with Crippen molar-refractivity contribution in [3.05, 3.63) is 0 Å². The quantitative estimate of drug-likeness (QED) is 0.729. The van der Waals surface area contributed by atoms with Crippen molar-refractivity contribution in [1.29, 1.82) is 0 Å². The van der Waals surface area contributed by atoms with E-state index in [1.54, 1.807) is 0 Å². The summed E-state index contributed by atoms with van der Waals surface area (Å²) in [6.07, 6.45) is 2.23. The molecule has 1 aliphatic rings. The molecule has 0 aromatic rings. The molecule has 0 aromatic carbocycles. The van der Waals surface area contributed by atoms with Gasteiger partial charge in [0.25, 0.3) is 0 Å². The predicted molar refractivity (Wildman–Crippen MR) is 63.5 cm³/mol. The minimum atomic E-state index is -3.37. The minimum Gasteiger partial charge on any atom is -0.212 e. The van der Waals surface area contributed by atoms with Crippen molar-refractivity contribution in [3.8, 4) is 0 Å². The summed E-state index contributed by atoms with van der Waals surface area (Å²) in [5.41, 5.74) is -0.179. The Labute approximate surface area is 95.2 Å². The van der Waals surface area contributed by atoms with Crippen LogP contribution in [0.2, 0.25) is 0 Å². The molecule has 0 saturated carbocycles. The Bertz CT molecular complexity index is 279. The molecule has 1 fully saturated rings. The van der Waals surface area contributed by atoms with Crippen LogP contribution in [0, 0.1) is 11.3 Å². The van der Waals surface area contributed by atoms with E-state index in [4.69, 9.17) is 10.7 Å². The molecule has 0 aromatic heterocycles. The summed E-state index contributed by atoms with van der Waals surface area (Å²) in [6.45, 7) is 4.02. The lowest BCUT2D eigenvalue weighted by molar-refractivity contribution is 0.229. The highest BCUT2D eigenvalue weighted by Crippen LogP contribution is 2.38. The molecule has 84 valence electrons. The summed E-state index contributed by atoms with van der Waals surface area (Å²) in [5.74, 6) is 2.89. The monoisotopic (exact) mass is 256 g/mol. The van der Waals surface area contributed by atoms with Crippen LogP contribution in [-0.2, 0) is 9.05 Å². The van der Waals surface area contributed by atoms with Crippen LogP contribution in [0.1, 0.15) is 26.7 Å². The van der Waals surface area contributed by atoms with Crippen LogP contribution in [0.3, 0.4) is 0 Å². The van der Waals surface area contributed by atoms with Crippen LogP contribution >= 0.6 is 22.4 Å². The molecule has 0 unspecified atom stereocenters. The first kappa shape index (κ1) is 12.7. The molecule has 0 aliphatic carbocycles. The zero-order valence-electron chi connectivity index (χ0n) is 8.62. The van der Waals surface area contributed by atoms with Crippen LogP contribution in [0.25, 0.3) is 0 Å². The molecule has 0 amide bonds. The van der Waals surface area contributed by atoms with Gasteiger partial charge in [0.1, 0.15) is 0 Å². The van der Waals surface area contributed by atoms with Crippen molar-refractivity contribution in [2.75, 3.05) is 17.3 Å². The number of hydrogen-bond donors (Lipinski definition) is 0. The van der Waals surface area contributed by atoms with E-state index in [-0.39, 0.29) is 11.2 Å². The largest absolute Gasteiger partial charge is 0.233 e. The second-order valence-corrected chi connectivity index (χ2v) is 8.56. The third-order valence-corrected chi connectivity index (χ3v) is 5.34. The maximum absolute atomic E-state index is 11.0. The van der Waals surface area contributed by atoms with E-state index in [9.17, 15) is 8.42 Å². The Kier molecular flexibility index (Phi) is 4.18. The fourth-order valence-electron chi connectivity index (χ4n) is 2.04. The molecule has 1 saturated heterocycles. The molecular weight excluding hydrogens is 240 g/mol. The van der Waals surface area contributed by atoms with Crippen molar-refractivity contribution in [2.45, 2.75) is 26.7 Å². The Balaban J connectivity index is 2.63. The molecular formula is C9H17ClO2S2. The van der Waals surface area contributed by atoms with E-state index in [1.165, 1.54) is 0 Å². The van der Waals surface area contributed by atoms with Crippen LogP contribution in [-0.4, -0.2) is 25.7 Å². The average Bonchev–Trinajstić information content (AvgIpc) is 2.01. The first-order valence-electron chi connectivity index (χ1n) is 4.81. The molecule has 1 aliphatic heterocycles. The van der Waals surface area contributed by atoms with Crippen LogP contribution < -0.4 is 0 Å². The van der Waals surface area contributed by atoms with Gasteiger partial charge in [-0.05, 0) is 35.7 Å². The van der Waals surface area contributed by atoms with Gasteiger partial charge in [-0.25, -0.2) is 8.42 Å². The van der Waals surface area contributed by atoms with E-state index in [2.05, 4.69) is 0 Å². The Morgan fingerprint density at radius 3 is 2.29 bits per heavy atom. The minimum absolute atomic E-state index is 0.0941. The van der Waals surface area contributed by atoms with Crippen LogP contribution in [0.4, 0.5) is 0 Å². The maximum atomic E-state index is 11.0. The standard InChI is InChI=1S/C9H17ClO2S2/c1-9(2,7-14(10,11)12)8-3-5-13-6-4-8/h8H,3-7H2,1-2H3. The highest BCUT2D eigenvalue weighted by molar-refractivity contribution is 8.13. The summed E-state index contributed by atoms with van der Waals surface area (Å²) in [5, 5.41) is 0. The lowest BCUT2D eigenvalue weighted by Crippen LogP contribution is -2.33. The number of hydrogen-bond acceptors (Lipinski definition) is 3. The van der Waals surface area contributed by atoms with Crippen molar-refractivity contribution in [3.63, 3.8) is 0 Å². The lowest BCUT2D eigenvalue weighted by Gasteiger charge is -2.35. The Morgan fingerprint density at radius 2 is 1.86 bits per heavy atom. The van der Waals surface area contributed by atoms with Gasteiger partial charge in [-0.1, -0.05) is 13.8 Å². The lowest BCUT2D eigenvalue weighted by atomic mass is 9.77. The first-order chi connectivity index (χ1) is 6.31. The number of rotatable bonds is 3. The van der Waals surface area contributed by atoms with Crippen molar-refractivity contribution >= 4 is 31.5 Å². The molecule has 1 heterocycles. The van der Waals surface area contributed by atoms with Gasteiger partial charge in [0.2, 0.25) is 9.05 Å². The van der Waals surface area contributed by atoms with E-state index in [0.717, 1.165) is 24.3 Å². The average molecular weight is 257 g/mol. The second-order valence-electron chi connectivity index (χ2n) is 4.56. The van der Waals surface area contributed by atoms with Crippen molar-refractivity contribution in [2.24, 2.45) is 11.3 Å². The van der Waals surface area contributed by atoms with Crippen molar-refractivity contribution in [1.82, 2.24) is 0 Å². The van der Waals surface area contributed by atoms with Crippen molar-refractivity contribution < 1.29 is 8.42 Å². The molecule has 5 heteroatoms. The number of halogens is 1. The molecule has 0 spiro atoms. The number of thioether (sulfide) groups is 1. The topological polar surface area (TPSA) is 34.1 Å². The fraction of sp³-hybridized carbons (Fsp3) is 1.00. The molecule has 0 N–H and O–H groups in total. The third-order valence-electron chi connectivity index (χ3n) is 2.87. The molecule has 0 bridgehead atoms. The van der Waals surface area contributed by atoms with Gasteiger partial charge in [-0.2, -0.15) is 11.8 Å². The summed E-state index contributed by atoms with van der Waals surface area (Å²) >= 11 is 1.95. The van der Waals surface area contributed by atoms with E-state index >= 15 is 0 Å². The zero-order chi connectivity index (χ0) is 10.8. The van der Waals surface area contributed by atoms with Gasteiger partial charge >= 0.3 is 0 Å². The van der Waals surface area contributed by atoms with E-state index < -0.39 is 9.05 Å². The van der Waals surface area contributed by atoms with Crippen LogP contribution in [0.5, 0.6) is 0 Å². The molecule has 0 radical (unpaired) electrons. The summed E-state index contributed by atoms with van der Waals surface area (Å²) in [6, 6.07) is 0. The third kappa shape index (κ3) is 3.99. The maximum Gasteiger partial charge on any atom is 0.233 e. The fourth-order valence-corrected chi connectivity index (χ4v) is 5.12. The highest BCUT2D eigenvalue weighted by atomic mass is 35.7. The summed E-state index contributed by atoms with van der Waals surface area (Å²) in [7, 11) is 1.94. The summed E-state index contributed by atoms with van der Waals surface area (Å²) in [4.78, 5) is 0. The van der Waals surface area contributed by atoms with E-state index in [0.29, 0.717) is 5.92 Å². The van der Waals surface area contributed by atoms with Gasteiger partial charge in [0.15, 0.2) is 0 Å². The molecule has 14 heavy (non-hydrogen) atoms. The van der Waals surface area contributed by atoms with E-state index in [1.807, 2.05) is 25.6 Å². The van der Waals surface area contributed by atoms with Gasteiger partial charge in [0, 0.05) is 10.7 Å². The van der Waals surface area contributed by atoms with Gasteiger partial charge in [0.05, 0.1) is 5.75 Å².